The third-order valence-electron chi connectivity index (χ3n) is 2.04. The molecule has 1 aromatic heterocycles. The first-order valence-electron chi connectivity index (χ1n) is 4.38. The first kappa shape index (κ1) is 10.6. The Balaban J connectivity index is 2.67. The number of hydrogen-bond acceptors (Lipinski definition) is 4. The van der Waals surface area contributed by atoms with Gasteiger partial charge in [-0.05, 0) is 35.5 Å². The number of tetrazole rings is 1. The van der Waals surface area contributed by atoms with Crippen molar-refractivity contribution in [3.05, 3.63) is 34.6 Å². The monoisotopic (exact) mass is 238 g/mol. The summed E-state index contributed by atoms with van der Waals surface area (Å²) in [6.45, 7) is 1.67. The molecule has 0 amide bonds. The number of benzene rings is 1. The molecule has 0 saturated heterocycles. The lowest BCUT2D eigenvalue weighted by atomic mass is 10.2. The fraction of sp³-hybridized carbons (Fsp3) is 0.111. The number of halogens is 1. The van der Waals surface area contributed by atoms with Gasteiger partial charge >= 0.3 is 5.97 Å². The van der Waals surface area contributed by atoms with Crippen LogP contribution < -0.4 is 0 Å². The number of hydrogen-bond donors (Lipinski definition) is 1. The third kappa shape index (κ3) is 1.74. The van der Waals surface area contributed by atoms with Crippen LogP contribution in [0.15, 0.2) is 18.2 Å². The number of carboxylic acid groups (broad SMARTS) is 1. The maximum atomic E-state index is 11.0. The minimum absolute atomic E-state index is 0.0970. The molecule has 0 aliphatic carbocycles. The van der Waals surface area contributed by atoms with Gasteiger partial charge in [-0.25, -0.2) is 4.79 Å². The van der Waals surface area contributed by atoms with Crippen LogP contribution in [-0.4, -0.2) is 31.3 Å². The molecule has 1 heterocycles. The molecular weight excluding hydrogens is 232 g/mol. The Morgan fingerprint density at radius 2 is 2.25 bits per heavy atom. The predicted octanol–water partition coefficient (Wildman–Crippen LogP) is 1.32. The van der Waals surface area contributed by atoms with E-state index in [4.69, 9.17) is 16.7 Å². The van der Waals surface area contributed by atoms with Crippen LogP contribution in [0.5, 0.6) is 0 Å². The lowest BCUT2D eigenvalue weighted by Gasteiger charge is -2.06. The van der Waals surface area contributed by atoms with E-state index >= 15 is 0 Å². The van der Waals surface area contributed by atoms with Crippen LogP contribution in [0.1, 0.15) is 16.2 Å². The number of aromatic nitrogens is 4. The molecule has 0 aliphatic rings. The van der Waals surface area contributed by atoms with E-state index in [9.17, 15) is 4.79 Å². The standard InChI is InChI=1S/C9H7ClN4O2/c1-5-11-12-13-14(5)8-4-6(10)2-3-7(8)9(15)16/h2-4H,1H3,(H,15,16). The van der Waals surface area contributed by atoms with E-state index < -0.39 is 5.97 Å². The SMILES string of the molecule is Cc1nnnn1-c1cc(Cl)ccc1C(=O)O. The van der Waals surface area contributed by atoms with E-state index in [1.807, 2.05) is 0 Å². The van der Waals surface area contributed by atoms with Gasteiger partial charge < -0.3 is 5.11 Å². The van der Waals surface area contributed by atoms with Gasteiger partial charge in [-0.15, -0.1) is 5.10 Å². The summed E-state index contributed by atoms with van der Waals surface area (Å²) in [5.74, 6) is -0.564. The normalized spacial score (nSPS) is 10.4. The van der Waals surface area contributed by atoms with Gasteiger partial charge in [0.05, 0.1) is 11.3 Å². The molecule has 82 valence electrons. The summed E-state index contributed by atoms with van der Waals surface area (Å²) in [4.78, 5) is 11.0. The molecule has 0 bridgehead atoms. The van der Waals surface area contributed by atoms with E-state index in [-0.39, 0.29) is 5.56 Å². The average Bonchev–Trinajstić information content (AvgIpc) is 2.63. The number of carbonyl (C=O) groups is 1. The van der Waals surface area contributed by atoms with Crippen molar-refractivity contribution in [1.82, 2.24) is 20.2 Å². The van der Waals surface area contributed by atoms with Crippen molar-refractivity contribution in [3.63, 3.8) is 0 Å². The van der Waals surface area contributed by atoms with E-state index in [1.54, 1.807) is 6.92 Å². The second-order valence-electron chi connectivity index (χ2n) is 3.10. The first-order valence-corrected chi connectivity index (χ1v) is 4.75. The zero-order chi connectivity index (χ0) is 11.7. The minimum Gasteiger partial charge on any atom is -0.478 e. The fourth-order valence-electron chi connectivity index (χ4n) is 1.32. The van der Waals surface area contributed by atoms with E-state index in [0.29, 0.717) is 16.5 Å². The van der Waals surface area contributed by atoms with Crippen molar-refractivity contribution in [2.75, 3.05) is 0 Å². The smallest absolute Gasteiger partial charge is 0.337 e. The second-order valence-corrected chi connectivity index (χ2v) is 3.54. The Bertz CT molecular complexity index is 552. The molecule has 6 nitrogen and oxygen atoms in total. The minimum atomic E-state index is -1.05. The number of aryl methyl sites for hydroxylation is 1. The van der Waals surface area contributed by atoms with Gasteiger partial charge in [0.25, 0.3) is 0 Å². The van der Waals surface area contributed by atoms with Crippen LogP contribution >= 0.6 is 11.6 Å². The van der Waals surface area contributed by atoms with Gasteiger partial charge in [0.15, 0.2) is 5.82 Å². The Morgan fingerprint density at radius 1 is 1.50 bits per heavy atom. The van der Waals surface area contributed by atoms with E-state index in [2.05, 4.69) is 15.5 Å². The molecule has 0 radical (unpaired) electrons. The van der Waals surface area contributed by atoms with E-state index in [0.717, 1.165) is 0 Å². The molecule has 2 aromatic rings. The molecule has 0 unspecified atom stereocenters. The second kappa shape index (κ2) is 3.90. The predicted molar refractivity (Wildman–Crippen MR) is 55.9 cm³/mol. The largest absolute Gasteiger partial charge is 0.478 e. The Hall–Kier alpha value is -1.95. The Labute approximate surface area is 95.5 Å². The van der Waals surface area contributed by atoms with Crippen molar-refractivity contribution in [2.24, 2.45) is 0 Å². The van der Waals surface area contributed by atoms with E-state index in [1.165, 1.54) is 22.9 Å². The summed E-state index contributed by atoms with van der Waals surface area (Å²) < 4.78 is 1.33. The molecule has 0 aliphatic heterocycles. The lowest BCUT2D eigenvalue weighted by Crippen LogP contribution is -2.08. The van der Waals surface area contributed by atoms with Crippen LogP contribution in [-0.2, 0) is 0 Å². The van der Waals surface area contributed by atoms with Crippen molar-refractivity contribution in [2.45, 2.75) is 6.92 Å². The highest BCUT2D eigenvalue weighted by atomic mass is 35.5. The van der Waals surface area contributed by atoms with Gasteiger partial charge in [0.2, 0.25) is 0 Å². The number of nitrogens with zero attached hydrogens (tertiary/aromatic N) is 4. The molecule has 0 spiro atoms. The maximum Gasteiger partial charge on any atom is 0.337 e. The highest BCUT2D eigenvalue weighted by Crippen LogP contribution is 2.19. The van der Waals surface area contributed by atoms with Gasteiger partial charge in [0.1, 0.15) is 0 Å². The zero-order valence-corrected chi connectivity index (χ0v) is 9.01. The quantitative estimate of drug-likeness (QED) is 0.853. The van der Waals surface area contributed by atoms with Gasteiger partial charge in [-0.1, -0.05) is 11.6 Å². The van der Waals surface area contributed by atoms with Crippen LogP contribution in [0.2, 0.25) is 5.02 Å². The van der Waals surface area contributed by atoms with Crippen molar-refractivity contribution in [3.8, 4) is 5.69 Å². The van der Waals surface area contributed by atoms with Crippen LogP contribution in [0, 0.1) is 6.92 Å². The summed E-state index contributed by atoms with van der Waals surface area (Å²) in [5, 5.41) is 20.3. The summed E-state index contributed by atoms with van der Waals surface area (Å²) >= 11 is 5.82. The van der Waals surface area contributed by atoms with Gasteiger partial charge in [0, 0.05) is 5.02 Å². The average molecular weight is 239 g/mol. The molecule has 0 atom stereocenters. The Kier molecular flexibility index (Phi) is 2.57. The molecular formula is C9H7ClN4O2. The van der Waals surface area contributed by atoms with Crippen LogP contribution in [0.25, 0.3) is 5.69 Å². The third-order valence-corrected chi connectivity index (χ3v) is 2.28. The highest BCUT2D eigenvalue weighted by Gasteiger charge is 2.14. The van der Waals surface area contributed by atoms with Crippen molar-refractivity contribution >= 4 is 17.6 Å². The molecule has 16 heavy (non-hydrogen) atoms. The van der Waals surface area contributed by atoms with Crippen molar-refractivity contribution in [1.29, 1.82) is 0 Å². The fourth-order valence-corrected chi connectivity index (χ4v) is 1.48. The topological polar surface area (TPSA) is 80.9 Å². The summed E-state index contributed by atoms with van der Waals surface area (Å²) in [5.41, 5.74) is 0.447. The van der Waals surface area contributed by atoms with Crippen molar-refractivity contribution < 1.29 is 9.90 Å². The number of rotatable bonds is 2. The molecule has 7 heteroatoms. The van der Waals surface area contributed by atoms with Gasteiger partial charge in [-0.3, -0.25) is 0 Å². The molecule has 0 saturated carbocycles. The van der Waals surface area contributed by atoms with Crippen LogP contribution in [0.4, 0.5) is 0 Å². The number of aromatic carboxylic acids is 1. The number of carboxylic acids is 1. The van der Waals surface area contributed by atoms with Crippen LogP contribution in [0.3, 0.4) is 0 Å². The molecule has 1 N–H and O–H groups in total. The summed E-state index contributed by atoms with van der Waals surface area (Å²) in [6.07, 6.45) is 0. The maximum absolute atomic E-state index is 11.0. The summed E-state index contributed by atoms with van der Waals surface area (Å²) in [7, 11) is 0. The first-order chi connectivity index (χ1) is 7.59. The lowest BCUT2D eigenvalue weighted by molar-refractivity contribution is 0.0696. The molecule has 0 fully saturated rings. The zero-order valence-electron chi connectivity index (χ0n) is 8.25. The molecule has 1 aromatic carbocycles. The van der Waals surface area contributed by atoms with Gasteiger partial charge in [-0.2, -0.15) is 4.68 Å². The highest BCUT2D eigenvalue weighted by molar-refractivity contribution is 6.30. The summed E-state index contributed by atoms with van der Waals surface area (Å²) in [6, 6.07) is 4.43. The Morgan fingerprint density at radius 3 is 2.81 bits per heavy atom. The molecule has 2 rings (SSSR count).